The van der Waals surface area contributed by atoms with E-state index in [1.54, 1.807) is 0 Å². The van der Waals surface area contributed by atoms with E-state index < -0.39 is 0 Å². The molecule has 1 fully saturated rings. The summed E-state index contributed by atoms with van der Waals surface area (Å²) in [5.74, 6) is 0. The summed E-state index contributed by atoms with van der Waals surface area (Å²) in [7, 11) is 2.07. The van der Waals surface area contributed by atoms with Crippen LogP contribution in [0.4, 0.5) is 0 Å². The van der Waals surface area contributed by atoms with Gasteiger partial charge in [0, 0.05) is 38.8 Å². The van der Waals surface area contributed by atoms with Crippen molar-refractivity contribution in [3.8, 4) is 0 Å². The largest absolute Gasteiger partial charge is 0.372 e. The standard InChI is InChI=1S/C10H15N3O/c1-12-7-11-9-5-13(3-2-10(9)12)4-8-6-14-8/h7-8H,2-6H2,1H3/t8-/m1/s1. The number of fused-ring (bicyclic) bond motifs is 1. The highest BCUT2D eigenvalue weighted by Crippen LogP contribution is 2.19. The summed E-state index contributed by atoms with van der Waals surface area (Å²) in [6.07, 6.45) is 3.54. The number of aryl methyl sites for hydroxylation is 1. The number of imidazole rings is 1. The molecule has 1 aromatic rings. The van der Waals surface area contributed by atoms with Crippen molar-refractivity contribution in [1.82, 2.24) is 14.5 Å². The smallest absolute Gasteiger partial charge is 0.0949 e. The highest BCUT2D eigenvalue weighted by Gasteiger charge is 2.28. The molecule has 1 atom stereocenters. The quantitative estimate of drug-likeness (QED) is 0.628. The lowest BCUT2D eigenvalue weighted by Gasteiger charge is -2.25. The van der Waals surface area contributed by atoms with Crippen molar-refractivity contribution in [1.29, 1.82) is 0 Å². The predicted octanol–water partition coefficient (Wildman–Crippen LogP) is 0.177. The Morgan fingerprint density at radius 3 is 3.29 bits per heavy atom. The Balaban J connectivity index is 1.72. The Morgan fingerprint density at radius 2 is 2.50 bits per heavy atom. The molecule has 0 aromatic carbocycles. The Morgan fingerprint density at radius 1 is 1.64 bits per heavy atom. The first-order valence-corrected chi connectivity index (χ1v) is 5.16. The van der Waals surface area contributed by atoms with Crippen LogP contribution in [-0.2, 0) is 24.8 Å². The molecule has 1 saturated heterocycles. The maximum absolute atomic E-state index is 5.24. The average molecular weight is 193 g/mol. The third kappa shape index (κ3) is 1.44. The number of ether oxygens (including phenoxy) is 1. The third-order valence-electron chi connectivity index (χ3n) is 3.05. The van der Waals surface area contributed by atoms with Gasteiger partial charge in [-0.05, 0) is 0 Å². The number of hydrogen-bond acceptors (Lipinski definition) is 3. The van der Waals surface area contributed by atoms with Crippen molar-refractivity contribution in [3.05, 3.63) is 17.7 Å². The molecule has 76 valence electrons. The molecule has 0 unspecified atom stereocenters. The molecule has 0 saturated carbocycles. The Hall–Kier alpha value is -0.870. The van der Waals surface area contributed by atoms with Crippen LogP contribution < -0.4 is 0 Å². The second kappa shape index (κ2) is 3.07. The van der Waals surface area contributed by atoms with Gasteiger partial charge in [-0.3, -0.25) is 4.90 Å². The van der Waals surface area contributed by atoms with Gasteiger partial charge in [0.2, 0.25) is 0 Å². The van der Waals surface area contributed by atoms with Crippen molar-refractivity contribution in [2.45, 2.75) is 19.1 Å². The number of aromatic nitrogens is 2. The summed E-state index contributed by atoms with van der Waals surface area (Å²) < 4.78 is 7.38. The molecule has 3 rings (SSSR count). The zero-order valence-electron chi connectivity index (χ0n) is 8.44. The van der Waals surface area contributed by atoms with Gasteiger partial charge in [-0.2, -0.15) is 0 Å². The van der Waals surface area contributed by atoms with E-state index in [1.165, 1.54) is 11.4 Å². The van der Waals surface area contributed by atoms with Gasteiger partial charge in [0.25, 0.3) is 0 Å². The summed E-state index contributed by atoms with van der Waals surface area (Å²) in [4.78, 5) is 6.85. The minimum atomic E-state index is 0.500. The molecule has 0 aliphatic carbocycles. The normalized spacial score (nSPS) is 26.2. The van der Waals surface area contributed by atoms with Crippen LogP contribution in [0.3, 0.4) is 0 Å². The van der Waals surface area contributed by atoms with Gasteiger partial charge < -0.3 is 9.30 Å². The number of rotatable bonds is 2. The SMILES string of the molecule is Cn1cnc2c1CCN(C[C@@H]1CO1)C2. The minimum Gasteiger partial charge on any atom is -0.372 e. The monoisotopic (exact) mass is 193 g/mol. The maximum atomic E-state index is 5.24. The molecular formula is C10H15N3O. The van der Waals surface area contributed by atoms with Crippen molar-refractivity contribution in [2.24, 2.45) is 7.05 Å². The molecule has 4 nitrogen and oxygen atoms in total. The summed E-state index contributed by atoms with van der Waals surface area (Å²) in [6, 6.07) is 0. The maximum Gasteiger partial charge on any atom is 0.0949 e. The number of nitrogens with zero attached hydrogens (tertiary/aromatic N) is 3. The Labute approximate surface area is 83.5 Å². The molecule has 3 heterocycles. The van der Waals surface area contributed by atoms with E-state index in [-0.39, 0.29) is 0 Å². The predicted molar refractivity (Wildman–Crippen MR) is 51.9 cm³/mol. The summed E-state index contributed by atoms with van der Waals surface area (Å²) in [5.41, 5.74) is 2.65. The molecule has 2 aliphatic rings. The van der Waals surface area contributed by atoms with Crippen LogP contribution in [0.15, 0.2) is 6.33 Å². The first kappa shape index (κ1) is 8.44. The van der Waals surface area contributed by atoms with Crippen molar-refractivity contribution in [3.63, 3.8) is 0 Å². The van der Waals surface area contributed by atoms with Crippen molar-refractivity contribution >= 4 is 0 Å². The van der Waals surface area contributed by atoms with E-state index in [0.29, 0.717) is 6.10 Å². The fourth-order valence-corrected chi connectivity index (χ4v) is 2.13. The summed E-state index contributed by atoms with van der Waals surface area (Å²) in [5, 5.41) is 0. The van der Waals surface area contributed by atoms with Crippen LogP contribution in [0.5, 0.6) is 0 Å². The highest BCUT2D eigenvalue weighted by atomic mass is 16.6. The fourth-order valence-electron chi connectivity index (χ4n) is 2.13. The lowest BCUT2D eigenvalue weighted by molar-refractivity contribution is 0.222. The molecule has 0 radical (unpaired) electrons. The zero-order valence-corrected chi connectivity index (χ0v) is 8.44. The molecule has 4 heteroatoms. The van der Waals surface area contributed by atoms with Gasteiger partial charge in [0.05, 0.1) is 24.7 Å². The zero-order chi connectivity index (χ0) is 9.54. The molecule has 0 bridgehead atoms. The molecule has 0 amide bonds. The Bertz CT molecular complexity index is 343. The van der Waals surface area contributed by atoms with Crippen LogP contribution in [0.2, 0.25) is 0 Å². The van der Waals surface area contributed by atoms with Gasteiger partial charge in [-0.15, -0.1) is 0 Å². The van der Waals surface area contributed by atoms with E-state index in [1.807, 2.05) is 6.33 Å². The second-order valence-corrected chi connectivity index (χ2v) is 4.19. The third-order valence-corrected chi connectivity index (χ3v) is 3.05. The molecule has 14 heavy (non-hydrogen) atoms. The molecule has 0 N–H and O–H groups in total. The van der Waals surface area contributed by atoms with E-state index in [9.17, 15) is 0 Å². The summed E-state index contributed by atoms with van der Waals surface area (Å²) >= 11 is 0. The first-order chi connectivity index (χ1) is 6.83. The van der Waals surface area contributed by atoms with Gasteiger partial charge >= 0.3 is 0 Å². The lowest BCUT2D eigenvalue weighted by atomic mass is 10.1. The molecule has 2 aliphatic heterocycles. The number of hydrogen-bond donors (Lipinski definition) is 0. The van der Waals surface area contributed by atoms with E-state index in [0.717, 1.165) is 32.7 Å². The highest BCUT2D eigenvalue weighted by molar-refractivity contribution is 5.16. The lowest BCUT2D eigenvalue weighted by Crippen LogP contribution is -2.34. The van der Waals surface area contributed by atoms with E-state index in [2.05, 4.69) is 21.5 Å². The fraction of sp³-hybridized carbons (Fsp3) is 0.700. The average Bonchev–Trinajstić information content (AvgIpc) is 2.92. The van der Waals surface area contributed by atoms with Crippen molar-refractivity contribution in [2.75, 3.05) is 19.7 Å². The van der Waals surface area contributed by atoms with Gasteiger partial charge in [0.15, 0.2) is 0 Å². The van der Waals surface area contributed by atoms with Crippen LogP contribution in [-0.4, -0.2) is 40.3 Å². The second-order valence-electron chi connectivity index (χ2n) is 4.19. The van der Waals surface area contributed by atoms with Gasteiger partial charge in [-0.1, -0.05) is 0 Å². The van der Waals surface area contributed by atoms with Crippen LogP contribution in [0.25, 0.3) is 0 Å². The van der Waals surface area contributed by atoms with Gasteiger partial charge in [-0.25, -0.2) is 4.98 Å². The number of epoxide rings is 1. The van der Waals surface area contributed by atoms with E-state index >= 15 is 0 Å². The van der Waals surface area contributed by atoms with Crippen LogP contribution in [0.1, 0.15) is 11.4 Å². The summed E-state index contributed by atoms with van der Waals surface area (Å²) in [6.45, 7) is 4.17. The molecule has 1 aromatic heterocycles. The topological polar surface area (TPSA) is 33.6 Å². The van der Waals surface area contributed by atoms with Crippen molar-refractivity contribution < 1.29 is 4.74 Å². The molecule has 0 spiro atoms. The molecular weight excluding hydrogens is 178 g/mol. The van der Waals surface area contributed by atoms with E-state index in [4.69, 9.17) is 4.74 Å². The van der Waals surface area contributed by atoms with Crippen LogP contribution in [0, 0.1) is 0 Å². The van der Waals surface area contributed by atoms with Crippen LogP contribution >= 0.6 is 0 Å². The Kier molecular flexibility index (Phi) is 1.85. The first-order valence-electron chi connectivity index (χ1n) is 5.16. The minimum absolute atomic E-state index is 0.500. The van der Waals surface area contributed by atoms with Gasteiger partial charge in [0.1, 0.15) is 0 Å².